The summed E-state index contributed by atoms with van der Waals surface area (Å²) >= 11 is 0. The summed E-state index contributed by atoms with van der Waals surface area (Å²) in [7, 11) is 0. The molecule has 2 rings (SSSR count). The number of rotatable bonds is 3. The van der Waals surface area contributed by atoms with E-state index >= 15 is 0 Å². The van der Waals surface area contributed by atoms with Crippen LogP contribution < -0.4 is 9.64 Å². The van der Waals surface area contributed by atoms with Crippen molar-refractivity contribution in [2.24, 2.45) is 0 Å². The van der Waals surface area contributed by atoms with Crippen molar-refractivity contribution < 1.29 is 19.0 Å². The summed E-state index contributed by atoms with van der Waals surface area (Å²) in [6.07, 6.45) is 0. The van der Waals surface area contributed by atoms with E-state index < -0.39 is 11.8 Å². The van der Waals surface area contributed by atoms with Gasteiger partial charge in [0.15, 0.2) is 0 Å². The molecule has 0 aromatic heterocycles. The average Bonchev–Trinajstić information content (AvgIpc) is 2.44. The third-order valence-corrected chi connectivity index (χ3v) is 3.43. The normalized spacial score (nSPS) is 15.6. The lowest BCUT2D eigenvalue weighted by Gasteiger charge is -2.34. The van der Waals surface area contributed by atoms with Crippen molar-refractivity contribution >= 4 is 17.2 Å². The molecule has 0 saturated carbocycles. The zero-order valence-electron chi connectivity index (χ0n) is 11.8. The number of fused-ring (bicyclic) bond motifs is 1. The Morgan fingerprint density at radius 2 is 2.15 bits per heavy atom. The molecule has 4 nitrogen and oxygen atoms in total. The molecule has 1 aromatic rings. The molecule has 0 radical (unpaired) electrons. The molecule has 0 atom stereocenters. The number of anilines is 1. The van der Waals surface area contributed by atoms with Gasteiger partial charge in [0.05, 0.1) is 12.2 Å². The molecule has 1 aliphatic rings. The highest BCUT2D eigenvalue weighted by atomic mass is 19.1. The summed E-state index contributed by atoms with van der Waals surface area (Å²) < 4.78 is 19.1. The van der Waals surface area contributed by atoms with Crippen LogP contribution in [0.3, 0.4) is 0 Å². The fourth-order valence-corrected chi connectivity index (χ4v) is 2.30. The van der Waals surface area contributed by atoms with Crippen LogP contribution in [0.15, 0.2) is 24.0 Å². The van der Waals surface area contributed by atoms with Gasteiger partial charge in [0.2, 0.25) is 5.83 Å². The monoisotopic (exact) mass is 279 g/mol. The summed E-state index contributed by atoms with van der Waals surface area (Å²) in [5, 5.41) is 8.69. The number of halogens is 1. The number of carboxylic acid groups (broad SMARTS) is 1. The van der Waals surface area contributed by atoms with Crippen molar-refractivity contribution in [2.45, 2.75) is 26.8 Å². The fraction of sp³-hybridized carbons (Fsp3) is 0.400. The van der Waals surface area contributed by atoms with Crippen molar-refractivity contribution in [3.8, 4) is 5.75 Å². The number of nitrogens with zero attached hydrogens (tertiary/aromatic N) is 1. The second kappa shape index (κ2) is 5.53. The van der Waals surface area contributed by atoms with E-state index in [1.54, 1.807) is 12.1 Å². The first-order chi connectivity index (χ1) is 9.41. The molecule has 1 N–H and O–H groups in total. The van der Waals surface area contributed by atoms with E-state index in [9.17, 15) is 9.18 Å². The van der Waals surface area contributed by atoms with Crippen LogP contribution in [-0.4, -0.2) is 30.3 Å². The first kappa shape index (κ1) is 14.4. The van der Waals surface area contributed by atoms with Crippen LogP contribution in [-0.2, 0) is 4.79 Å². The lowest BCUT2D eigenvalue weighted by atomic mass is 10.0. The van der Waals surface area contributed by atoms with Crippen molar-refractivity contribution in [1.82, 2.24) is 0 Å². The zero-order valence-corrected chi connectivity index (χ0v) is 11.8. The molecular weight excluding hydrogens is 261 g/mol. The van der Waals surface area contributed by atoms with Gasteiger partial charge in [0.1, 0.15) is 12.4 Å². The molecule has 1 aromatic carbocycles. The Morgan fingerprint density at radius 1 is 1.45 bits per heavy atom. The van der Waals surface area contributed by atoms with Crippen LogP contribution in [0.2, 0.25) is 0 Å². The van der Waals surface area contributed by atoms with Gasteiger partial charge in [0, 0.05) is 6.04 Å². The molecule has 0 bridgehead atoms. The number of ether oxygens (including phenoxy) is 1. The Balaban J connectivity index is 2.43. The second-order valence-electron chi connectivity index (χ2n) is 5.06. The Bertz CT molecular complexity index is 566. The van der Waals surface area contributed by atoms with Crippen molar-refractivity contribution in [3.05, 3.63) is 29.6 Å². The van der Waals surface area contributed by atoms with Gasteiger partial charge in [0.25, 0.3) is 0 Å². The quantitative estimate of drug-likeness (QED) is 0.864. The molecule has 20 heavy (non-hydrogen) atoms. The maximum Gasteiger partial charge on any atom is 0.365 e. The average molecular weight is 279 g/mol. The molecule has 5 heteroatoms. The van der Waals surface area contributed by atoms with Gasteiger partial charge in [-0.3, -0.25) is 0 Å². The van der Waals surface area contributed by atoms with Crippen LogP contribution in [0, 0.1) is 0 Å². The van der Waals surface area contributed by atoms with Crippen molar-refractivity contribution in [1.29, 1.82) is 0 Å². The Hall–Kier alpha value is -2.04. The van der Waals surface area contributed by atoms with Gasteiger partial charge in [-0.25, -0.2) is 4.79 Å². The van der Waals surface area contributed by atoms with E-state index in [2.05, 4.69) is 18.7 Å². The first-order valence-corrected chi connectivity index (χ1v) is 6.55. The highest BCUT2D eigenvalue weighted by Gasteiger charge is 2.21. The number of hydrogen-bond acceptors (Lipinski definition) is 3. The van der Waals surface area contributed by atoms with Crippen molar-refractivity contribution in [2.75, 3.05) is 18.1 Å². The standard InChI is InChI=1S/C15H18FNO3/c1-9(2)17-6-7-20-13-8-11(4-5-12(13)17)10(3)14(16)15(18)19/h4-5,8-9H,6-7H2,1-3H3,(H,18,19). The molecule has 0 aliphatic carbocycles. The number of hydrogen-bond donors (Lipinski definition) is 1. The molecule has 0 fully saturated rings. The summed E-state index contributed by atoms with van der Waals surface area (Å²) in [6, 6.07) is 5.61. The number of carbonyl (C=O) groups is 1. The van der Waals surface area contributed by atoms with Gasteiger partial charge in [-0.2, -0.15) is 4.39 Å². The molecule has 0 spiro atoms. The van der Waals surface area contributed by atoms with Gasteiger partial charge in [-0.15, -0.1) is 0 Å². The highest BCUT2D eigenvalue weighted by Crippen LogP contribution is 2.35. The number of allylic oxidation sites excluding steroid dienone is 1. The Labute approximate surface area is 117 Å². The van der Waals surface area contributed by atoms with Crippen LogP contribution in [0.25, 0.3) is 5.57 Å². The zero-order chi connectivity index (χ0) is 14.9. The third kappa shape index (κ3) is 2.61. The number of benzene rings is 1. The largest absolute Gasteiger partial charge is 0.490 e. The van der Waals surface area contributed by atoms with Gasteiger partial charge >= 0.3 is 5.97 Å². The SMILES string of the molecule is CC(=C(F)C(=O)O)c1ccc2c(c1)OCCN2C(C)C. The van der Waals surface area contributed by atoms with Gasteiger partial charge in [-0.05, 0) is 44.0 Å². The van der Waals surface area contributed by atoms with E-state index in [4.69, 9.17) is 9.84 Å². The van der Waals surface area contributed by atoms with E-state index in [0.717, 1.165) is 12.2 Å². The highest BCUT2D eigenvalue weighted by molar-refractivity contribution is 5.93. The fourth-order valence-electron chi connectivity index (χ4n) is 2.30. The first-order valence-electron chi connectivity index (χ1n) is 6.55. The van der Waals surface area contributed by atoms with E-state index in [1.807, 2.05) is 6.07 Å². The molecule has 1 aliphatic heterocycles. The number of carboxylic acids is 1. The lowest BCUT2D eigenvalue weighted by molar-refractivity contribution is -0.134. The van der Waals surface area contributed by atoms with E-state index in [1.165, 1.54) is 6.92 Å². The van der Waals surface area contributed by atoms with Crippen LogP contribution in [0.1, 0.15) is 26.3 Å². The van der Waals surface area contributed by atoms with Crippen LogP contribution in [0.4, 0.5) is 10.1 Å². The van der Waals surface area contributed by atoms with Gasteiger partial charge in [-0.1, -0.05) is 6.07 Å². The minimum absolute atomic E-state index is 0.102. The minimum Gasteiger partial charge on any atom is -0.490 e. The summed E-state index contributed by atoms with van der Waals surface area (Å²) in [5.74, 6) is -2.02. The maximum absolute atomic E-state index is 13.5. The molecule has 1 heterocycles. The van der Waals surface area contributed by atoms with Gasteiger partial charge < -0.3 is 14.7 Å². The van der Waals surface area contributed by atoms with Crippen LogP contribution >= 0.6 is 0 Å². The van der Waals surface area contributed by atoms with E-state index in [-0.39, 0.29) is 5.57 Å². The topological polar surface area (TPSA) is 49.8 Å². The predicted octanol–water partition coefficient (Wildman–Crippen LogP) is 3.08. The summed E-state index contributed by atoms with van der Waals surface area (Å²) in [5.41, 5.74) is 1.58. The lowest BCUT2D eigenvalue weighted by Crippen LogP contribution is -2.37. The molecule has 108 valence electrons. The predicted molar refractivity (Wildman–Crippen MR) is 75.8 cm³/mol. The van der Waals surface area contributed by atoms with Crippen LogP contribution in [0.5, 0.6) is 5.75 Å². The Morgan fingerprint density at radius 3 is 2.75 bits per heavy atom. The second-order valence-corrected chi connectivity index (χ2v) is 5.06. The smallest absolute Gasteiger partial charge is 0.365 e. The minimum atomic E-state index is -1.55. The maximum atomic E-state index is 13.5. The van der Waals surface area contributed by atoms with E-state index in [0.29, 0.717) is 24.0 Å². The third-order valence-electron chi connectivity index (χ3n) is 3.43. The summed E-state index contributed by atoms with van der Waals surface area (Å²) in [6.45, 7) is 7.02. The Kier molecular flexibility index (Phi) is 3.97. The van der Waals surface area contributed by atoms with Crippen molar-refractivity contribution in [3.63, 3.8) is 0 Å². The molecule has 0 saturated heterocycles. The molecule has 0 amide bonds. The number of aliphatic carboxylic acids is 1. The molecular formula is C15H18FNO3. The summed E-state index contributed by atoms with van der Waals surface area (Å²) in [4.78, 5) is 12.9. The molecule has 0 unspecified atom stereocenters.